The highest BCUT2D eigenvalue weighted by atomic mass is 32.2. The van der Waals surface area contributed by atoms with Crippen LogP contribution in [0.15, 0.2) is 29.2 Å². The van der Waals surface area contributed by atoms with Gasteiger partial charge in [-0.1, -0.05) is 0 Å². The molecule has 11 heteroatoms. The van der Waals surface area contributed by atoms with E-state index in [4.69, 9.17) is 4.74 Å². The molecule has 1 saturated carbocycles. The molecule has 0 bridgehead atoms. The summed E-state index contributed by atoms with van der Waals surface area (Å²) < 4.78 is 45.4. The summed E-state index contributed by atoms with van der Waals surface area (Å²) in [7, 11) is -2.45. The van der Waals surface area contributed by atoms with Gasteiger partial charge in [-0.3, -0.25) is 5.10 Å². The summed E-state index contributed by atoms with van der Waals surface area (Å²) in [4.78, 5) is 11.6. The molecule has 3 rings (SSSR count). The second kappa shape index (κ2) is 9.00. The lowest BCUT2D eigenvalue weighted by molar-refractivity contribution is 0.0981. The number of carbonyl (C=O) groups is 1. The molecule has 0 spiro atoms. The van der Waals surface area contributed by atoms with Gasteiger partial charge in [0.15, 0.2) is 5.82 Å². The van der Waals surface area contributed by atoms with Crippen molar-refractivity contribution in [3.8, 4) is 0 Å². The van der Waals surface area contributed by atoms with Crippen LogP contribution in [-0.4, -0.2) is 43.9 Å². The zero-order chi connectivity index (χ0) is 21.9. The van der Waals surface area contributed by atoms with Gasteiger partial charge in [0.05, 0.1) is 10.6 Å². The molecule has 2 aromatic rings. The number of sulfonamides is 1. The van der Waals surface area contributed by atoms with Gasteiger partial charge in [-0.2, -0.15) is 5.10 Å². The summed E-state index contributed by atoms with van der Waals surface area (Å²) in [6.45, 7) is 3.74. The molecule has 1 aliphatic rings. The van der Waals surface area contributed by atoms with Crippen molar-refractivity contribution in [2.75, 3.05) is 12.4 Å². The molecule has 4 N–H and O–H groups in total. The molecular weight excluding hydrogens is 413 g/mol. The molecule has 30 heavy (non-hydrogen) atoms. The topological polar surface area (TPSA) is 125 Å². The van der Waals surface area contributed by atoms with Crippen molar-refractivity contribution < 1.29 is 22.3 Å². The maximum absolute atomic E-state index is 14.3. The molecular formula is C19H26FN5O4S. The van der Waals surface area contributed by atoms with Crippen LogP contribution in [0.4, 0.5) is 20.7 Å². The third-order valence-corrected chi connectivity index (χ3v) is 6.30. The Balaban J connectivity index is 1.61. The summed E-state index contributed by atoms with van der Waals surface area (Å²) in [6.07, 6.45) is 1.70. The Bertz CT molecular complexity index is 1010. The van der Waals surface area contributed by atoms with E-state index in [0.29, 0.717) is 12.2 Å². The van der Waals surface area contributed by atoms with E-state index in [1.165, 1.54) is 19.2 Å². The van der Waals surface area contributed by atoms with Gasteiger partial charge < -0.3 is 15.4 Å². The van der Waals surface area contributed by atoms with Crippen molar-refractivity contribution in [2.45, 2.75) is 56.1 Å². The number of alkyl carbamates (subject to hydrolysis) is 1. The first-order chi connectivity index (χ1) is 14.2. The number of amides is 1. The molecule has 1 aliphatic carbocycles. The number of nitrogens with one attached hydrogen (secondary N) is 4. The molecule has 1 aromatic carbocycles. The summed E-state index contributed by atoms with van der Waals surface area (Å²) in [5.41, 5.74) is 0.976. The second-order valence-corrected chi connectivity index (χ2v) is 9.41. The third-order valence-electron chi connectivity index (χ3n) is 4.88. The standard InChI is InChI=1S/C19H26FN5O4S/c1-11(2)22-19(26)29-13-5-4-12(8-13)17-10-18(25-24-17)23-16-7-6-14(9-15(16)20)30(27,28)21-3/h6-7,9-13,21H,4-5,8H2,1-3H3,(H,22,26)(H2,23,24,25)/t12-,13+/m0/s1. The van der Waals surface area contributed by atoms with Crippen molar-refractivity contribution in [3.05, 3.63) is 35.8 Å². The van der Waals surface area contributed by atoms with Crippen molar-refractivity contribution in [3.63, 3.8) is 0 Å². The minimum Gasteiger partial charge on any atom is -0.446 e. The van der Waals surface area contributed by atoms with E-state index in [-0.39, 0.29) is 28.6 Å². The Labute approximate surface area is 174 Å². The number of rotatable bonds is 7. The van der Waals surface area contributed by atoms with Crippen molar-refractivity contribution in [1.82, 2.24) is 20.2 Å². The van der Waals surface area contributed by atoms with Gasteiger partial charge in [0.25, 0.3) is 0 Å². The first kappa shape index (κ1) is 22.0. The lowest BCUT2D eigenvalue weighted by atomic mass is 10.0. The quantitative estimate of drug-likeness (QED) is 0.526. The SMILES string of the molecule is CNS(=O)(=O)c1ccc(Nc2cc([C@H]3CC[C@@H](OC(=O)NC(C)C)C3)[nH]n2)c(F)c1. The van der Waals surface area contributed by atoms with E-state index in [0.717, 1.165) is 24.6 Å². The van der Waals surface area contributed by atoms with Crippen LogP contribution in [0.5, 0.6) is 0 Å². The number of carbonyl (C=O) groups excluding carboxylic acids is 1. The average Bonchev–Trinajstić information content (AvgIpc) is 3.32. The monoisotopic (exact) mass is 439 g/mol. The highest BCUT2D eigenvalue weighted by Crippen LogP contribution is 2.36. The molecule has 0 saturated heterocycles. The van der Waals surface area contributed by atoms with Gasteiger partial charge in [0.2, 0.25) is 10.0 Å². The van der Waals surface area contributed by atoms with Crippen molar-refractivity contribution >= 4 is 27.6 Å². The number of aromatic nitrogens is 2. The molecule has 1 heterocycles. The molecule has 2 atom stereocenters. The highest BCUT2D eigenvalue weighted by Gasteiger charge is 2.30. The lowest BCUT2D eigenvalue weighted by Crippen LogP contribution is -2.33. The Kier molecular flexibility index (Phi) is 6.61. The Hall–Kier alpha value is -2.66. The first-order valence-corrected chi connectivity index (χ1v) is 11.2. The van der Waals surface area contributed by atoms with Crippen LogP contribution in [0.1, 0.15) is 44.7 Å². The van der Waals surface area contributed by atoms with Gasteiger partial charge in [-0.15, -0.1) is 0 Å². The molecule has 1 amide bonds. The number of nitrogens with zero attached hydrogens (tertiary/aromatic N) is 1. The molecule has 9 nitrogen and oxygen atoms in total. The van der Waals surface area contributed by atoms with Crippen LogP contribution in [0.2, 0.25) is 0 Å². The predicted molar refractivity (Wildman–Crippen MR) is 110 cm³/mol. The largest absolute Gasteiger partial charge is 0.446 e. The van der Waals surface area contributed by atoms with E-state index in [1.807, 2.05) is 13.8 Å². The van der Waals surface area contributed by atoms with Crippen LogP contribution in [-0.2, 0) is 14.8 Å². The van der Waals surface area contributed by atoms with E-state index < -0.39 is 21.9 Å². The van der Waals surface area contributed by atoms with Crippen molar-refractivity contribution in [2.24, 2.45) is 0 Å². The maximum Gasteiger partial charge on any atom is 0.407 e. The number of ether oxygens (including phenoxy) is 1. The van der Waals surface area contributed by atoms with Gasteiger partial charge in [0, 0.05) is 23.7 Å². The minimum atomic E-state index is -3.72. The number of anilines is 2. The second-order valence-electron chi connectivity index (χ2n) is 7.52. The fourth-order valence-electron chi connectivity index (χ4n) is 3.38. The number of aromatic amines is 1. The fraction of sp³-hybridized carbons (Fsp3) is 0.474. The van der Waals surface area contributed by atoms with Crippen LogP contribution in [0.25, 0.3) is 0 Å². The number of H-pyrrole nitrogens is 1. The maximum atomic E-state index is 14.3. The number of halogens is 1. The zero-order valence-corrected chi connectivity index (χ0v) is 17.8. The van der Waals surface area contributed by atoms with Gasteiger partial charge in [0.1, 0.15) is 11.9 Å². The smallest absolute Gasteiger partial charge is 0.407 e. The Morgan fingerprint density at radius 1 is 1.30 bits per heavy atom. The summed E-state index contributed by atoms with van der Waals surface area (Å²) in [6, 6.07) is 5.40. The van der Waals surface area contributed by atoms with Gasteiger partial charge >= 0.3 is 6.09 Å². The van der Waals surface area contributed by atoms with E-state index >= 15 is 0 Å². The average molecular weight is 440 g/mol. The first-order valence-electron chi connectivity index (χ1n) is 9.70. The van der Waals surface area contributed by atoms with Gasteiger partial charge in [-0.05, 0) is 58.4 Å². The number of hydrogen-bond donors (Lipinski definition) is 4. The Morgan fingerprint density at radius 2 is 2.07 bits per heavy atom. The lowest BCUT2D eigenvalue weighted by Gasteiger charge is -2.14. The van der Waals surface area contributed by atoms with Crippen LogP contribution < -0.4 is 15.4 Å². The number of hydrogen-bond acceptors (Lipinski definition) is 6. The minimum absolute atomic E-state index is 0.0174. The van der Waals surface area contributed by atoms with E-state index in [1.54, 1.807) is 6.07 Å². The highest BCUT2D eigenvalue weighted by molar-refractivity contribution is 7.89. The van der Waals surface area contributed by atoms with Crippen LogP contribution >= 0.6 is 0 Å². The fourth-order valence-corrected chi connectivity index (χ4v) is 4.12. The molecule has 1 aromatic heterocycles. The zero-order valence-electron chi connectivity index (χ0n) is 17.0. The Morgan fingerprint density at radius 3 is 2.73 bits per heavy atom. The van der Waals surface area contributed by atoms with E-state index in [9.17, 15) is 17.6 Å². The molecule has 0 aliphatic heterocycles. The summed E-state index contributed by atoms with van der Waals surface area (Å²) in [5.74, 6) is -0.144. The molecule has 1 fully saturated rings. The van der Waals surface area contributed by atoms with Crippen LogP contribution in [0, 0.1) is 5.82 Å². The summed E-state index contributed by atoms with van der Waals surface area (Å²) in [5, 5.41) is 12.7. The predicted octanol–water partition coefficient (Wildman–Crippen LogP) is 2.97. The molecule has 0 radical (unpaired) electrons. The molecule has 0 unspecified atom stereocenters. The van der Waals surface area contributed by atoms with Crippen LogP contribution in [0.3, 0.4) is 0 Å². The number of benzene rings is 1. The third kappa shape index (κ3) is 5.28. The van der Waals surface area contributed by atoms with Crippen molar-refractivity contribution in [1.29, 1.82) is 0 Å². The normalized spacial score (nSPS) is 19.1. The van der Waals surface area contributed by atoms with E-state index in [2.05, 4.69) is 25.6 Å². The molecule has 164 valence electrons. The summed E-state index contributed by atoms with van der Waals surface area (Å²) >= 11 is 0. The van der Waals surface area contributed by atoms with Gasteiger partial charge in [-0.25, -0.2) is 22.3 Å².